The molecule has 0 saturated carbocycles. The molecule has 22 heavy (non-hydrogen) atoms. The van der Waals surface area contributed by atoms with Gasteiger partial charge in [-0.1, -0.05) is 80.4 Å². The largest absolute Gasteiger partial charge is 0.395 e. The SMILES string of the molecule is CCCCC(CO)N(Cc1ccccc1)Cc1ccccc1. The van der Waals surface area contributed by atoms with Gasteiger partial charge in [-0.15, -0.1) is 0 Å². The molecule has 0 aromatic heterocycles. The van der Waals surface area contributed by atoms with Crippen molar-refractivity contribution >= 4 is 0 Å². The van der Waals surface area contributed by atoms with Crippen LogP contribution in [-0.4, -0.2) is 22.7 Å². The van der Waals surface area contributed by atoms with Gasteiger partial charge in [0.25, 0.3) is 0 Å². The van der Waals surface area contributed by atoms with E-state index < -0.39 is 0 Å². The molecular formula is C20H27NO. The van der Waals surface area contributed by atoms with Crippen LogP contribution in [0.4, 0.5) is 0 Å². The van der Waals surface area contributed by atoms with Crippen molar-refractivity contribution in [2.45, 2.75) is 45.3 Å². The predicted molar refractivity (Wildman–Crippen MR) is 92.5 cm³/mol. The molecule has 0 aliphatic carbocycles. The number of aliphatic hydroxyl groups excluding tert-OH is 1. The molecule has 2 rings (SSSR count). The zero-order chi connectivity index (χ0) is 15.6. The Hall–Kier alpha value is -1.64. The van der Waals surface area contributed by atoms with Gasteiger partial charge in [0.1, 0.15) is 0 Å². The Labute approximate surface area is 134 Å². The molecule has 0 radical (unpaired) electrons. The van der Waals surface area contributed by atoms with E-state index in [1.54, 1.807) is 0 Å². The Bertz CT molecular complexity index is 470. The molecule has 0 fully saturated rings. The van der Waals surface area contributed by atoms with Gasteiger partial charge in [0, 0.05) is 19.1 Å². The van der Waals surface area contributed by atoms with Gasteiger partial charge < -0.3 is 5.11 Å². The maximum Gasteiger partial charge on any atom is 0.0587 e. The zero-order valence-electron chi connectivity index (χ0n) is 13.5. The van der Waals surface area contributed by atoms with Crippen LogP contribution in [0.3, 0.4) is 0 Å². The molecule has 0 bridgehead atoms. The van der Waals surface area contributed by atoms with Crippen molar-refractivity contribution in [1.29, 1.82) is 0 Å². The Morgan fingerprint density at radius 2 is 1.36 bits per heavy atom. The third kappa shape index (κ3) is 5.28. The first-order valence-corrected chi connectivity index (χ1v) is 8.26. The second kappa shape index (κ2) is 9.39. The molecule has 0 aliphatic rings. The van der Waals surface area contributed by atoms with Crippen molar-refractivity contribution in [2.24, 2.45) is 0 Å². The number of nitrogens with zero attached hydrogens (tertiary/aromatic N) is 1. The first-order valence-electron chi connectivity index (χ1n) is 8.26. The summed E-state index contributed by atoms with van der Waals surface area (Å²) >= 11 is 0. The number of hydrogen-bond acceptors (Lipinski definition) is 2. The zero-order valence-corrected chi connectivity index (χ0v) is 13.5. The first kappa shape index (κ1) is 16.7. The molecule has 0 saturated heterocycles. The van der Waals surface area contributed by atoms with Gasteiger partial charge in [-0.25, -0.2) is 0 Å². The van der Waals surface area contributed by atoms with Crippen molar-refractivity contribution < 1.29 is 5.11 Å². The molecule has 0 amide bonds. The second-order valence-electron chi connectivity index (χ2n) is 5.85. The first-order chi connectivity index (χ1) is 10.8. The van der Waals surface area contributed by atoms with E-state index in [9.17, 15) is 5.11 Å². The predicted octanol–water partition coefficient (Wildman–Crippen LogP) is 4.24. The lowest BCUT2D eigenvalue weighted by molar-refractivity contribution is 0.101. The van der Waals surface area contributed by atoms with Crippen molar-refractivity contribution in [3.63, 3.8) is 0 Å². The Kier molecular flexibility index (Phi) is 7.14. The summed E-state index contributed by atoms with van der Waals surface area (Å²) in [5.74, 6) is 0. The van der Waals surface area contributed by atoms with Crippen LogP contribution >= 0.6 is 0 Å². The van der Waals surface area contributed by atoms with Crippen LogP contribution in [0, 0.1) is 0 Å². The summed E-state index contributed by atoms with van der Waals surface area (Å²) in [6.07, 6.45) is 3.37. The maximum absolute atomic E-state index is 9.84. The summed E-state index contributed by atoms with van der Waals surface area (Å²) in [7, 11) is 0. The molecule has 1 N–H and O–H groups in total. The Morgan fingerprint density at radius 3 is 1.77 bits per heavy atom. The lowest BCUT2D eigenvalue weighted by Crippen LogP contribution is -2.37. The van der Waals surface area contributed by atoms with Crippen molar-refractivity contribution in [3.05, 3.63) is 71.8 Å². The van der Waals surface area contributed by atoms with Crippen LogP contribution in [0.25, 0.3) is 0 Å². The van der Waals surface area contributed by atoms with E-state index in [0.717, 1.165) is 25.9 Å². The number of unbranched alkanes of at least 4 members (excludes halogenated alkanes) is 1. The quantitative estimate of drug-likeness (QED) is 0.748. The fourth-order valence-corrected chi connectivity index (χ4v) is 2.78. The Balaban J connectivity index is 2.11. The second-order valence-corrected chi connectivity index (χ2v) is 5.85. The van der Waals surface area contributed by atoms with Gasteiger partial charge in [0.2, 0.25) is 0 Å². The highest BCUT2D eigenvalue weighted by molar-refractivity contribution is 5.17. The van der Waals surface area contributed by atoms with Crippen LogP contribution in [0.15, 0.2) is 60.7 Å². The van der Waals surface area contributed by atoms with Crippen molar-refractivity contribution in [1.82, 2.24) is 4.90 Å². The van der Waals surface area contributed by atoms with Crippen LogP contribution in [0.1, 0.15) is 37.3 Å². The average molecular weight is 297 g/mol. The summed E-state index contributed by atoms with van der Waals surface area (Å²) < 4.78 is 0. The van der Waals surface area contributed by atoms with Gasteiger partial charge in [0.15, 0.2) is 0 Å². The number of benzene rings is 2. The standard InChI is InChI=1S/C20H27NO/c1-2-3-14-20(17-22)21(15-18-10-6-4-7-11-18)16-19-12-8-5-9-13-19/h4-13,20,22H,2-3,14-17H2,1H3. The van der Waals surface area contributed by atoms with Gasteiger partial charge in [-0.2, -0.15) is 0 Å². The third-order valence-corrected chi connectivity index (χ3v) is 4.08. The summed E-state index contributed by atoms with van der Waals surface area (Å²) in [6, 6.07) is 21.3. The summed E-state index contributed by atoms with van der Waals surface area (Å²) in [5.41, 5.74) is 2.60. The van der Waals surface area contributed by atoms with Crippen LogP contribution in [0.5, 0.6) is 0 Å². The van der Waals surface area contributed by atoms with Gasteiger partial charge >= 0.3 is 0 Å². The molecular weight excluding hydrogens is 270 g/mol. The fourth-order valence-electron chi connectivity index (χ4n) is 2.78. The third-order valence-electron chi connectivity index (χ3n) is 4.08. The summed E-state index contributed by atoms with van der Waals surface area (Å²) in [5, 5.41) is 9.84. The minimum atomic E-state index is 0.222. The summed E-state index contributed by atoms with van der Waals surface area (Å²) in [4.78, 5) is 2.40. The average Bonchev–Trinajstić information content (AvgIpc) is 2.57. The van der Waals surface area contributed by atoms with E-state index >= 15 is 0 Å². The minimum absolute atomic E-state index is 0.222. The van der Waals surface area contributed by atoms with E-state index in [4.69, 9.17) is 0 Å². The molecule has 0 aliphatic heterocycles. The molecule has 2 heteroatoms. The lowest BCUT2D eigenvalue weighted by Gasteiger charge is -2.31. The van der Waals surface area contributed by atoms with Crippen molar-refractivity contribution in [2.75, 3.05) is 6.61 Å². The maximum atomic E-state index is 9.84. The van der Waals surface area contributed by atoms with Gasteiger partial charge in [-0.3, -0.25) is 4.90 Å². The van der Waals surface area contributed by atoms with E-state index in [-0.39, 0.29) is 12.6 Å². The summed E-state index contributed by atoms with van der Waals surface area (Å²) in [6.45, 7) is 4.18. The monoisotopic (exact) mass is 297 g/mol. The van der Waals surface area contributed by atoms with E-state index in [0.29, 0.717) is 0 Å². The normalized spacial score (nSPS) is 12.5. The van der Waals surface area contributed by atoms with Gasteiger partial charge in [-0.05, 0) is 17.5 Å². The Morgan fingerprint density at radius 1 is 0.864 bits per heavy atom. The fraction of sp³-hybridized carbons (Fsp3) is 0.400. The topological polar surface area (TPSA) is 23.5 Å². The molecule has 2 aromatic rings. The molecule has 118 valence electrons. The number of aliphatic hydroxyl groups is 1. The lowest BCUT2D eigenvalue weighted by atomic mass is 10.1. The van der Waals surface area contributed by atoms with E-state index in [1.807, 2.05) is 12.1 Å². The van der Waals surface area contributed by atoms with Crippen LogP contribution in [-0.2, 0) is 13.1 Å². The molecule has 2 nitrogen and oxygen atoms in total. The molecule has 2 aromatic carbocycles. The van der Waals surface area contributed by atoms with E-state index in [1.165, 1.54) is 17.5 Å². The van der Waals surface area contributed by atoms with Crippen LogP contribution in [0.2, 0.25) is 0 Å². The highest BCUT2D eigenvalue weighted by atomic mass is 16.3. The number of rotatable bonds is 9. The smallest absolute Gasteiger partial charge is 0.0587 e. The van der Waals surface area contributed by atoms with Crippen molar-refractivity contribution in [3.8, 4) is 0 Å². The highest BCUT2D eigenvalue weighted by Gasteiger charge is 2.18. The number of hydrogen-bond donors (Lipinski definition) is 1. The molecule has 0 spiro atoms. The highest BCUT2D eigenvalue weighted by Crippen LogP contribution is 2.17. The minimum Gasteiger partial charge on any atom is -0.395 e. The van der Waals surface area contributed by atoms with E-state index in [2.05, 4.69) is 60.4 Å². The van der Waals surface area contributed by atoms with Gasteiger partial charge in [0.05, 0.1) is 6.61 Å². The molecule has 1 unspecified atom stereocenters. The van der Waals surface area contributed by atoms with Crippen LogP contribution < -0.4 is 0 Å². The molecule has 0 heterocycles. The molecule has 1 atom stereocenters.